The molecule has 1 saturated heterocycles. The van der Waals surface area contributed by atoms with Gasteiger partial charge in [-0.2, -0.15) is 0 Å². The van der Waals surface area contributed by atoms with E-state index in [9.17, 15) is 29.7 Å². The fourth-order valence-electron chi connectivity index (χ4n) is 4.79. The van der Waals surface area contributed by atoms with E-state index in [1.165, 1.54) is 13.2 Å². The quantitative estimate of drug-likeness (QED) is 0.197. The lowest BCUT2D eigenvalue weighted by Crippen LogP contribution is -2.64. The Hall–Kier alpha value is -2.97. The molecule has 0 unspecified atom stereocenters. The van der Waals surface area contributed by atoms with Gasteiger partial charge in [0.2, 0.25) is 5.91 Å². The molecular formula is C32H42Cl2N2O10. The van der Waals surface area contributed by atoms with Gasteiger partial charge in [-0.25, -0.2) is 0 Å². The number of ether oxygens (including phenoxy) is 4. The molecule has 1 aliphatic heterocycles. The van der Waals surface area contributed by atoms with Crippen molar-refractivity contribution in [2.45, 2.75) is 96.4 Å². The van der Waals surface area contributed by atoms with Gasteiger partial charge in [0.25, 0.3) is 5.91 Å². The van der Waals surface area contributed by atoms with Gasteiger partial charge in [0.05, 0.1) is 16.7 Å². The molecule has 0 aromatic heterocycles. The number of methoxy groups -OCH3 is 1. The standard InChI is InChI=1S/C32H42Cl2N2O10/c1-17-20(30(42)36-26-28(41)27(40)22(15-37)45-31(26)43-5)13-21(33)29(25(17)34)44-16-19-9-6-8-18(12-19)14-35-23(38)10-7-11-24(39)46-32(2,3)4/h6,8-9,12-13,22,26-28,31,37,40-41H,7,10-11,14-16H2,1-5H3,(H,35,38)(H,36,42)/t22-,26-,27-,28-,31+/m1/s1. The highest BCUT2D eigenvalue weighted by atomic mass is 35.5. The average molecular weight is 686 g/mol. The summed E-state index contributed by atoms with van der Waals surface area (Å²) in [7, 11) is 1.30. The molecule has 5 N–H and O–H groups in total. The van der Waals surface area contributed by atoms with Crippen LogP contribution in [0, 0.1) is 6.92 Å². The summed E-state index contributed by atoms with van der Waals surface area (Å²) in [6.07, 6.45) is -4.43. The van der Waals surface area contributed by atoms with Crippen molar-refractivity contribution in [2.24, 2.45) is 0 Å². The summed E-state index contributed by atoms with van der Waals surface area (Å²) in [5, 5.41) is 35.8. The van der Waals surface area contributed by atoms with E-state index in [2.05, 4.69) is 10.6 Å². The van der Waals surface area contributed by atoms with Gasteiger partial charge in [-0.15, -0.1) is 0 Å². The average Bonchev–Trinajstić information content (AvgIpc) is 2.99. The van der Waals surface area contributed by atoms with Crippen LogP contribution in [0.25, 0.3) is 0 Å². The van der Waals surface area contributed by atoms with Crippen molar-refractivity contribution in [3.05, 3.63) is 62.6 Å². The van der Waals surface area contributed by atoms with Crippen LogP contribution in [0.2, 0.25) is 10.0 Å². The number of benzene rings is 2. The van der Waals surface area contributed by atoms with E-state index in [0.29, 0.717) is 12.0 Å². The highest BCUT2D eigenvalue weighted by Crippen LogP contribution is 2.38. The number of esters is 1. The van der Waals surface area contributed by atoms with Gasteiger partial charge in [-0.3, -0.25) is 14.4 Å². The van der Waals surface area contributed by atoms with Gasteiger partial charge < -0.3 is 44.9 Å². The van der Waals surface area contributed by atoms with Crippen LogP contribution in [-0.4, -0.2) is 83.1 Å². The molecule has 0 spiro atoms. The Bertz CT molecular complexity index is 1380. The second-order valence-electron chi connectivity index (χ2n) is 11.9. The molecule has 254 valence electrons. The van der Waals surface area contributed by atoms with Crippen molar-refractivity contribution >= 4 is 41.0 Å². The lowest BCUT2D eigenvalue weighted by atomic mass is 9.96. The van der Waals surface area contributed by atoms with E-state index in [1.54, 1.807) is 27.7 Å². The molecule has 1 heterocycles. The summed E-state index contributed by atoms with van der Waals surface area (Å²) in [6.45, 7) is 6.81. The van der Waals surface area contributed by atoms with Gasteiger partial charge in [0.1, 0.15) is 36.6 Å². The zero-order chi connectivity index (χ0) is 34.2. The minimum absolute atomic E-state index is 0.0691. The normalized spacial score (nSPS) is 21.4. The SMILES string of the molecule is CO[C@H]1O[C@H](CO)[C@@H](O)[C@H](O)[C@H]1NC(=O)c1cc(Cl)c(OCc2cccc(CNC(=O)CCCC(=O)OC(C)(C)C)c2)c(Cl)c1C. The predicted molar refractivity (Wildman–Crippen MR) is 170 cm³/mol. The van der Waals surface area contributed by atoms with E-state index in [-0.39, 0.29) is 59.2 Å². The zero-order valence-corrected chi connectivity index (χ0v) is 28.0. The number of amides is 2. The molecule has 5 atom stereocenters. The maximum atomic E-state index is 13.2. The topological polar surface area (TPSA) is 173 Å². The van der Waals surface area contributed by atoms with Crippen molar-refractivity contribution in [3.8, 4) is 5.75 Å². The van der Waals surface area contributed by atoms with Crippen LogP contribution in [0.4, 0.5) is 0 Å². The number of aliphatic hydroxyl groups is 3. The number of hydrogen-bond acceptors (Lipinski definition) is 10. The van der Waals surface area contributed by atoms with Crippen LogP contribution in [0.15, 0.2) is 30.3 Å². The largest absolute Gasteiger partial charge is 0.486 e. The molecule has 14 heteroatoms. The van der Waals surface area contributed by atoms with E-state index in [0.717, 1.165) is 11.1 Å². The van der Waals surface area contributed by atoms with Crippen LogP contribution in [0.5, 0.6) is 5.75 Å². The lowest BCUT2D eigenvalue weighted by Gasteiger charge is -2.41. The first-order valence-electron chi connectivity index (χ1n) is 14.8. The van der Waals surface area contributed by atoms with E-state index < -0.39 is 48.8 Å². The molecule has 2 amide bonds. The van der Waals surface area contributed by atoms with E-state index in [4.69, 9.17) is 42.1 Å². The Morgan fingerprint density at radius 2 is 1.74 bits per heavy atom. The Morgan fingerprint density at radius 3 is 2.39 bits per heavy atom. The third-order valence-electron chi connectivity index (χ3n) is 7.15. The summed E-state index contributed by atoms with van der Waals surface area (Å²) in [4.78, 5) is 37.3. The number of carbonyl (C=O) groups is 3. The molecule has 1 aliphatic rings. The smallest absolute Gasteiger partial charge is 0.306 e. The molecule has 12 nitrogen and oxygen atoms in total. The Morgan fingerprint density at radius 1 is 1.04 bits per heavy atom. The van der Waals surface area contributed by atoms with E-state index in [1.807, 2.05) is 24.3 Å². The van der Waals surface area contributed by atoms with Gasteiger partial charge in [-0.05, 0) is 56.9 Å². The van der Waals surface area contributed by atoms with Crippen LogP contribution < -0.4 is 15.4 Å². The number of carbonyl (C=O) groups excluding carboxylic acids is 3. The van der Waals surface area contributed by atoms with Crippen molar-refractivity contribution in [1.29, 1.82) is 0 Å². The first kappa shape index (κ1) is 37.5. The summed E-state index contributed by atoms with van der Waals surface area (Å²) in [5.74, 6) is -1.01. The molecule has 1 fully saturated rings. The maximum Gasteiger partial charge on any atom is 0.306 e. The molecule has 3 rings (SSSR count). The molecule has 2 aromatic rings. The number of hydrogen-bond donors (Lipinski definition) is 5. The summed E-state index contributed by atoms with van der Waals surface area (Å²) in [5.41, 5.74) is 1.51. The van der Waals surface area contributed by atoms with Crippen LogP contribution in [0.3, 0.4) is 0 Å². The Labute approximate surface area is 278 Å². The molecular weight excluding hydrogens is 643 g/mol. The first-order valence-corrected chi connectivity index (χ1v) is 15.5. The minimum Gasteiger partial charge on any atom is -0.486 e. The minimum atomic E-state index is -1.48. The molecule has 0 aliphatic carbocycles. The third-order valence-corrected chi connectivity index (χ3v) is 7.88. The van der Waals surface area contributed by atoms with Gasteiger partial charge >= 0.3 is 5.97 Å². The number of halogens is 2. The third kappa shape index (κ3) is 10.3. The maximum absolute atomic E-state index is 13.2. The molecule has 0 bridgehead atoms. The second-order valence-corrected chi connectivity index (χ2v) is 12.7. The number of nitrogens with one attached hydrogen (secondary N) is 2. The molecule has 0 radical (unpaired) electrons. The summed E-state index contributed by atoms with van der Waals surface area (Å²) in [6, 6.07) is 7.60. The van der Waals surface area contributed by atoms with Crippen LogP contribution >= 0.6 is 23.2 Å². The second kappa shape index (κ2) is 16.7. The van der Waals surface area contributed by atoms with Gasteiger partial charge in [-0.1, -0.05) is 47.5 Å². The summed E-state index contributed by atoms with van der Waals surface area (Å²) >= 11 is 13.1. The fraction of sp³-hybridized carbons (Fsp3) is 0.531. The van der Waals surface area contributed by atoms with Crippen LogP contribution in [-0.2, 0) is 37.0 Å². The van der Waals surface area contributed by atoms with Gasteiger partial charge in [0.15, 0.2) is 12.0 Å². The van der Waals surface area contributed by atoms with Crippen molar-refractivity contribution < 1.29 is 48.7 Å². The fourth-order valence-corrected chi connectivity index (χ4v) is 5.35. The lowest BCUT2D eigenvalue weighted by molar-refractivity contribution is -0.261. The highest BCUT2D eigenvalue weighted by molar-refractivity contribution is 6.38. The van der Waals surface area contributed by atoms with Crippen molar-refractivity contribution in [1.82, 2.24) is 10.6 Å². The molecule has 0 saturated carbocycles. The number of rotatable bonds is 13. The van der Waals surface area contributed by atoms with Gasteiger partial charge in [0, 0.05) is 32.1 Å². The van der Waals surface area contributed by atoms with E-state index >= 15 is 0 Å². The summed E-state index contributed by atoms with van der Waals surface area (Å²) < 4.78 is 21.9. The van der Waals surface area contributed by atoms with Crippen molar-refractivity contribution in [3.63, 3.8) is 0 Å². The highest BCUT2D eigenvalue weighted by Gasteiger charge is 2.45. The first-order chi connectivity index (χ1) is 21.6. The van der Waals surface area contributed by atoms with Crippen molar-refractivity contribution in [2.75, 3.05) is 13.7 Å². The predicted octanol–water partition coefficient (Wildman–Crippen LogP) is 3.19. The Balaban J connectivity index is 1.58. The monoisotopic (exact) mass is 684 g/mol. The molecule has 46 heavy (non-hydrogen) atoms. The number of aliphatic hydroxyl groups excluding tert-OH is 3. The zero-order valence-electron chi connectivity index (χ0n) is 26.5. The Kier molecular flexibility index (Phi) is 13.6. The van der Waals surface area contributed by atoms with Crippen LogP contribution in [0.1, 0.15) is 67.1 Å². The molecule has 2 aromatic carbocycles.